The van der Waals surface area contributed by atoms with Gasteiger partial charge in [-0.2, -0.15) is 5.01 Å². The summed E-state index contributed by atoms with van der Waals surface area (Å²) < 4.78 is 10.9. The number of hydrogen-bond acceptors (Lipinski definition) is 8. The fourth-order valence-corrected chi connectivity index (χ4v) is 3.75. The number of rotatable bonds is 7. The van der Waals surface area contributed by atoms with Crippen molar-refractivity contribution in [3.05, 3.63) is 60.2 Å². The number of hydrazine groups is 1. The van der Waals surface area contributed by atoms with E-state index in [2.05, 4.69) is 20.9 Å². The number of nitrogens with zero attached hydrogens (tertiary/aromatic N) is 3. The van der Waals surface area contributed by atoms with Crippen molar-refractivity contribution >= 4 is 29.6 Å². The lowest BCUT2D eigenvalue weighted by atomic mass is 9.92. The molecule has 0 radical (unpaired) electrons. The number of thioether (sulfide) groups is 1. The van der Waals surface area contributed by atoms with Gasteiger partial charge in [0.2, 0.25) is 5.91 Å². The first kappa shape index (κ1) is 21.4. The fourth-order valence-electron chi connectivity index (χ4n) is 3.19. The average Bonchev–Trinajstić information content (AvgIpc) is 3.37. The lowest BCUT2D eigenvalue weighted by Gasteiger charge is -2.22. The van der Waals surface area contributed by atoms with Crippen LogP contribution < -0.4 is 15.5 Å². The van der Waals surface area contributed by atoms with E-state index in [0.29, 0.717) is 21.9 Å². The van der Waals surface area contributed by atoms with Gasteiger partial charge >= 0.3 is 6.03 Å². The van der Waals surface area contributed by atoms with Crippen molar-refractivity contribution in [2.75, 3.05) is 12.9 Å². The quantitative estimate of drug-likeness (QED) is 0.412. The molecule has 1 fully saturated rings. The zero-order chi connectivity index (χ0) is 22.7. The second-order valence-corrected chi connectivity index (χ2v) is 7.89. The maximum Gasteiger partial charge on any atom is 0.344 e. The highest BCUT2D eigenvalue weighted by atomic mass is 32.2. The van der Waals surface area contributed by atoms with Gasteiger partial charge in [0.1, 0.15) is 11.3 Å². The van der Waals surface area contributed by atoms with Crippen molar-refractivity contribution < 1.29 is 23.5 Å². The van der Waals surface area contributed by atoms with Crippen LogP contribution in [-0.2, 0) is 15.1 Å². The van der Waals surface area contributed by atoms with Gasteiger partial charge in [-0.3, -0.25) is 15.0 Å². The molecule has 2 aromatic carbocycles. The number of imide groups is 1. The summed E-state index contributed by atoms with van der Waals surface area (Å²) >= 11 is 0.977. The smallest absolute Gasteiger partial charge is 0.344 e. The van der Waals surface area contributed by atoms with Gasteiger partial charge in [0, 0.05) is 0 Å². The number of benzene rings is 2. The minimum Gasteiger partial charge on any atom is -0.496 e. The van der Waals surface area contributed by atoms with E-state index in [1.165, 1.54) is 7.11 Å². The summed E-state index contributed by atoms with van der Waals surface area (Å²) in [6, 6.07) is 15.3. The molecule has 0 spiro atoms. The molecule has 1 aliphatic heterocycles. The van der Waals surface area contributed by atoms with Crippen LogP contribution in [0.2, 0.25) is 0 Å². The summed E-state index contributed by atoms with van der Waals surface area (Å²) in [5, 5.41) is 11.4. The number of amides is 4. The Morgan fingerprint density at radius 1 is 1.16 bits per heavy atom. The van der Waals surface area contributed by atoms with E-state index in [-0.39, 0.29) is 16.9 Å². The fraction of sp³-hybridized carbons (Fsp3) is 0.190. The molecular weight excluding hydrogens is 434 g/mol. The van der Waals surface area contributed by atoms with Crippen LogP contribution in [0.4, 0.5) is 4.79 Å². The van der Waals surface area contributed by atoms with Gasteiger partial charge in [0.15, 0.2) is 0 Å². The third-order valence-electron chi connectivity index (χ3n) is 4.85. The van der Waals surface area contributed by atoms with E-state index in [9.17, 15) is 14.4 Å². The first-order valence-corrected chi connectivity index (χ1v) is 10.5. The summed E-state index contributed by atoms with van der Waals surface area (Å²) in [5.41, 5.74) is 2.30. The number of methoxy groups -OCH3 is 1. The van der Waals surface area contributed by atoms with Gasteiger partial charge in [-0.1, -0.05) is 54.2 Å². The van der Waals surface area contributed by atoms with Crippen LogP contribution in [0, 0.1) is 0 Å². The molecule has 3 aromatic rings. The van der Waals surface area contributed by atoms with Gasteiger partial charge < -0.3 is 14.5 Å². The van der Waals surface area contributed by atoms with Gasteiger partial charge in [0.25, 0.3) is 17.0 Å². The molecule has 10 nitrogen and oxygen atoms in total. The molecule has 1 saturated heterocycles. The molecule has 1 atom stereocenters. The standard InChI is InChI=1S/C21H19N5O5S/c1-21(13-8-4-3-5-9-13)18(28)26(19(29)22-21)25-16(27)12-32-20-24-23-17(31-20)14-10-6-7-11-15(14)30-2/h3-11H,12H2,1-2H3,(H,22,29)(H,25,27). The lowest BCUT2D eigenvalue weighted by molar-refractivity contribution is -0.138. The van der Waals surface area contributed by atoms with Crippen molar-refractivity contribution in [3.63, 3.8) is 0 Å². The molecule has 0 aliphatic carbocycles. The van der Waals surface area contributed by atoms with Crippen molar-refractivity contribution in [3.8, 4) is 17.2 Å². The van der Waals surface area contributed by atoms with Crippen molar-refractivity contribution in [1.82, 2.24) is 25.9 Å². The first-order chi connectivity index (χ1) is 15.4. The maximum absolute atomic E-state index is 12.8. The van der Waals surface area contributed by atoms with Crippen LogP contribution in [0.1, 0.15) is 12.5 Å². The van der Waals surface area contributed by atoms with E-state index < -0.39 is 23.4 Å². The Balaban J connectivity index is 1.38. The zero-order valence-electron chi connectivity index (χ0n) is 17.2. The molecule has 1 aliphatic rings. The molecular formula is C21H19N5O5S. The van der Waals surface area contributed by atoms with E-state index in [1.807, 2.05) is 18.2 Å². The van der Waals surface area contributed by atoms with Crippen LogP contribution in [0.3, 0.4) is 0 Å². The molecule has 32 heavy (non-hydrogen) atoms. The summed E-state index contributed by atoms with van der Waals surface area (Å²) in [7, 11) is 1.54. The number of ether oxygens (including phenoxy) is 1. The zero-order valence-corrected chi connectivity index (χ0v) is 18.0. The molecule has 2 N–H and O–H groups in total. The van der Waals surface area contributed by atoms with E-state index >= 15 is 0 Å². The highest BCUT2D eigenvalue weighted by molar-refractivity contribution is 7.99. The number of carbonyl (C=O) groups is 3. The van der Waals surface area contributed by atoms with Gasteiger partial charge in [-0.05, 0) is 24.6 Å². The number of urea groups is 1. The van der Waals surface area contributed by atoms with Crippen LogP contribution in [0.25, 0.3) is 11.5 Å². The van der Waals surface area contributed by atoms with Gasteiger partial charge in [-0.25, -0.2) is 4.79 Å². The Morgan fingerprint density at radius 3 is 2.62 bits per heavy atom. The van der Waals surface area contributed by atoms with Crippen LogP contribution in [0.5, 0.6) is 5.75 Å². The Labute approximate surface area is 187 Å². The Bertz CT molecular complexity index is 1170. The summed E-state index contributed by atoms with van der Waals surface area (Å²) in [6.45, 7) is 1.58. The average molecular weight is 453 g/mol. The molecule has 4 rings (SSSR count). The molecule has 164 valence electrons. The maximum atomic E-state index is 12.8. The molecule has 0 saturated carbocycles. The van der Waals surface area contributed by atoms with Crippen LogP contribution in [0.15, 0.2) is 64.2 Å². The van der Waals surface area contributed by atoms with E-state index in [4.69, 9.17) is 9.15 Å². The predicted molar refractivity (Wildman–Crippen MR) is 114 cm³/mol. The lowest BCUT2D eigenvalue weighted by Crippen LogP contribution is -2.48. The predicted octanol–water partition coefficient (Wildman–Crippen LogP) is 2.34. The highest BCUT2D eigenvalue weighted by Gasteiger charge is 2.49. The van der Waals surface area contributed by atoms with Gasteiger partial charge in [-0.15, -0.1) is 10.2 Å². The third-order valence-corrected chi connectivity index (χ3v) is 5.67. The number of aromatic nitrogens is 2. The minimum absolute atomic E-state index is 0.146. The number of para-hydroxylation sites is 1. The number of hydrogen-bond donors (Lipinski definition) is 2. The largest absolute Gasteiger partial charge is 0.496 e. The van der Waals surface area contributed by atoms with Gasteiger partial charge in [0.05, 0.1) is 18.4 Å². The van der Waals surface area contributed by atoms with Crippen molar-refractivity contribution in [2.24, 2.45) is 0 Å². The molecule has 2 heterocycles. The molecule has 0 bridgehead atoms. The summed E-state index contributed by atoms with van der Waals surface area (Å²) in [5.74, 6) is -0.480. The second kappa shape index (κ2) is 8.71. The third kappa shape index (κ3) is 4.02. The van der Waals surface area contributed by atoms with Crippen LogP contribution in [-0.4, -0.2) is 45.9 Å². The number of carbonyl (C=O) groups excluding carboxylic acids is 3. The van der Waals surface area contributed by atoms with Crippen LogP contribution >= 0.6 is 11.8 Å². The normalized spacial score (nSPS) is 17.9. The SMILES string of the molecule is COc1ccccc1-c1nnc(SCC(=O)NN2C(=O)NC(C)(c3ccccc3)C2=O)o1. The Hall–Kier alpha value is -3.86. The molecule has 1 aromatic heterocycles. The Kier molecular flexibility index (Phi) is 5.82. The van der Waals surface area contributed by atoms with E-state index in [1.54, 1.807) is 43.3 Å². The molecule has 1 unspecified atom stereocenters. The molecule has 11 heteroatoms. The van der Waals surface area contributed by atoms with Crippen molar-refractivity contribution in [2.45, 2.75) is 17.7 Å². The monoisotopic (exact) mass is 453 g/mol. The topological polar surface area (TPSA) is 127 Å². The molecule has 4 amide bonds. The number of nitrogens with one attached hydrogen (secondary N) is 2. The second-order valence-electron chi connectivity index (χ2n) is 6.96. The first-order valence-electron chi connectivity index (χ1n) is 9.54. The highest BCUT2D eigenvalue weighted by Crippen LogP contribution is 2.30. The van der Waals surface area contributed by atoms with Crippen molar-refractivity contribution in [1.29, 1.82) is 0 Å². The summed E-state index contributed by atoms with van der Waals surface area (Å²) in [4.78, 5) is 37.5. The van der Waals surface area contributed by atoms with E-state index in [0.717, 1.165) is 11.8 Å². The summed E-state index contributed by atoms with van der Waals surface area (Å²) in [6.07, 6.45) is 0. The Morgan fingerprint density at radius 2 is 1.88 bits per heavy atom. The minimum atomic E-state index is -1.27.